The van der Waals surface area contributed by atoms with Gasteiger partial charge in [0, 0.05) is 25.2 Å². The van der Waals surface area contributed by atoms with Gasteiger partial charge in [-0.3, -0.25) is 14.7 Å². The van der Waals surface area contributed by atoms with Crippen LogP contribution in [0.3, 0.4) is 0 Å². The van der Waals surface area contributed by atoms with Crippen LogP contribution in [-0.2, 0) is 19.6 Å². The Balaban J connectivity index is 1.59. The van der Waals surface area contributed by atoms with Gasteiger partial charge in [-0.25, -0.2) is 4.98 Å². The first-order chi connectivity index (χ1) is 9.26. The number of aryl methyl sites for hydroxylation is 1. The number of nitrogens with zero attached hydrogens (tertiary/aromatic N) is 5. The summed E-state index contributed by atoms with van der Waals surface area (Å²) in [7, 11) is 2.09. The lowest BCUT2D eigenvalue weighted by Crippen LogP contribution is -2.20. The van der Waals surface area contributed by atoms with Crippen LogP contribution in [0, 0.1) is 0 Å². The van der Waals surface area contributed by atoms with E-state index in [0.717, 1.165) is 31.3 Å². The highest BCUT2D eigenvalue weighted by molar-refractivity contribution is 5.05. The molecule has 102 valence electrons. The van der Waals surface area contributed by atoms with Gasteiger partial charge in [0.05, 0.1) is 12.2 Å². The van der Waals surface area contributed by atoms with Crippen LogP contribution in [0.25, 0.3) is 0 Å². The summed E-state index contributed by atoms with van der Waals surface area (Å²) in [4.78, 5) is 6.78. The molecule has 6 nitrogen and oxygen atoms in total. The van der Waals surface area contributed by atoms with Crippen LogP contribution in [0.15, 0.2) is 12.3 Å². The predicted octanol–water partition coefficient (Wildman–Crippen LogP) is 1.53. The standard InChI is InChI=1S/C13H20N6/c1-3-19-11(6-7-14-19)8-18(2)9-12-15-13(17-16-12)10-4-5-10/h6-7,10H,3-5,8-9H2,1-2H3,(H,15,16,17). The molecule has 0 unspecified atom stereocenters. The van der Waals surface area contributed by atoms with Gasteiger partial charge in [0.25, 0.3) is 0 Å². The molecule has 0 radical (unpaired) electrons. The zero-order valence-electron chi connectivity index (χ0n) is 11.5. The summed E-state index contributed by atoms with van der Waals surface area (Å²) < 4.78 is 2.02. The van der Waals surface area contributed by atoms with Gasteiger partial charge < -0.3 is 0 Å². The largest absolute Gasteiger partial charge is 0.293 e. The summed E-state index contributed by atoms with van der Waals surface area (Å²) in [5, 5.41) is 11.6. The van der Waals surface area contributed by atoms with Gasteiger partial charge in [-0.05, 0) is 32.9 Å². The summed E-state index contributed by atoms with van der Waals surface area (Å²) in [6, 6.07) is 2.07. The second-order valence-electron chi connectivity index (χ2n) is 5.23. The van der Waals surface area contributed by atoms with Gasteiger partial charge in [-0.2, -0.15) is 10.2 Å². The van der Waals surface area contributed by atoms with Crippen LogP contribution >= 0.6 is 0 Å². The first-order valence-corrected chi connectivity index (χ1v) is 6.86. The third kappa shape index (κ3) is 2.84. The molecule has 0 aliphatic heterocycles. The fourth-order valence-corrected chi connectivity index (χ4v) is 2.27. The molecule has 2 aromatic rings. The molecule has 1 aliphatic carbocycles. The quantitative estimate of drug-likeness (QED) is 0.855. The number of H-pyrrole nitrogens is 1. The molecule has 0 spiro atoms. The van der Waals surface area contributed by atoms with E-state index in [0.29, 0.717) is 5.92 Å². The molecule has 0 aromatic carbocycles. The lowest BCUT2D eigenvalue weighted by molar-refractivity contribution is 0.300. The minimum atomic E-state index is 0.608. The van der Waals surface area contributed by atoms with E-state index >= 15 is 0 Å². The highest BCUT2D eigenvalue weighted by atomic mass is 15.3. The maximum atomic E-state index is 4.55. The summed E-state index contributed by atoms with van der Waals surface area (Å²) in [5.74, 6) is 2.55. The van der Waals surface area contributed by atoms with Gasteiger partial charge in [0.1, 0.15) is 5.82 Å². The Kier molecular flexibility index (Phi) is 3.33. The summed E-state index contributed by atoms with van der Waals surface area (Å²) in [6.45, 7) is 4.67. The predicted molar refractivity (Wildman–Crippen MR) is 71.4 cm³/mol. The fourth-order valence-electron chi connectivity index (χ4n) is 2.27. The molecule has 1 aliphatic rings. The number of rotatable bonds is 6. The van der Waals surface area contributed by atoms with E-state index in [9.17, 15) is 0 Å². The molecule has 0 bridgehead atoms. The van der Waals surface area contributed by atoms with Crippen molar-refractivity contribution in [2.24, 2.45) is 0 Å². The average Bonchev–Trinajstić information content (AvgIpc) is 2.98. The van der Waals surface area contributed by atoms with Crippen LogP contribution < -0.4 is 0 Å². The van der Waals surface area contributed by atoms with Crippen molar-refractivity contribution >= 4 is 0 Å². The molecule has 1 N–H and O–H groups in total. The Morgan fingerprint density at radius 3 is 3.00 bits per heavy atom. The first kappa shape index (κ1) is 12.3. The van der Waals surface area contributed by atoms with Crippen LogP contribution in [0.5, 0.6) is 0 Å². The molecular formula is C13H20N6. The van der Waals surface area contributed by atoms with Gasteiger partial charge >= 0.3 is 0 Å². The van der Waals surface area contributed by atoms with Crippen molar-refractivity contribution in [1.29, 1.82) is 0 Å². The number of nitrogens with one attached hydrogen (secondary N) is 1. The molecule has 3 rings (SSSR count). The summed E-state index contributed by atoms with van der Waals surface area (Å²) in [5.41, 5.74) is 1.23. The van der Waals surface area contributed by atoms with E-state index in [1.807, 2.05) is 10.9 Å². The Morgan fingerprint density at radius 2 is 2.26 bits per heavy atom. The highest BCUT2D eigenvalue weighted by Gasteiger charge is 2.27. The second-order valence-corrected chi connectivity index (χ2v) is 5.23. The highest BCUT2D eigenvalue weighted by Crippen LogP contribution is 2.37. The fraction of sp³-hybridized carbons (Fsp3) is 0.615. The SMILES string of the molecule is CCn1nccc1CN(C)Cc1nc(C2CC2)n[nH]1. The minimum absolute atomic E-state index is 0.608. The summed E-state index contributed by atoms with van der Waals surface area (Å²) >= 11 is 0. The van der Waals surface area contributed by atoms with Crippen LogP contribution in [-0.4, -0.2) is 36.9 Å². The molecule has 1 fully saturated rings. The Hall–Kier alpha value is -1.69. The van der Waals surface area contributed by atoms with Crippen molar-refractivity contribution in [1.82, 2.24) is 29.9 Å². The number of aromatic amines is 1. The van der Waals surface area contributed by atoms with Gasteiger partial charge in [0.15, 0.2) is 5.82 Å². The monoisotopic (exact) mass is 260 g/mol. The zero-order chi connectivity index (χ0) is 13.2. The van der Waals surface area contributed by atoms with Gasteiger partial charge in [-0.15, -0.1) is 0 Å². The molecular weight excluding hydrogens is 240 g/mol. The second kappa shape index (κ2) is 5.13. The molecule has 19 heavy (non-hydrogen) atoms. The van der Waals surface area contributed by atoms with Crippen LogP contribution in [0.4, 0.5) is 0 Å². The maximum Gasteiger partial charge on any atom is 0.153 e. The van der Waals surface area contributed by atoms with E-state index in [-0.39, 0.29) is 0 Å². The number of hydrogen-bond donors (Lipinski definition) is 1. The lowest BCUT2D eigenvalue weighted by Gasteiger charge is -2.15. The minimum Gasteiger partial charge on any atom is -0.293 e. The molecule has 6 heteroatoms. The van der Waals surface area contributed by atoms with Crippen LogP contribution in [0.1, 0.15) is 43.0 Å². The summed E-state index contributed by atoms with van der Waals surface area (Å²) in [6.07, 6.45) is 4.33. The van der Waals surface area contributed by atoms with Crippen molar-refractivity contribution in [2.45, 2.75) is 45.3 Å². The normalized spacial score (nSPS) is 15.3. The Bertz CT molecular complexity index is 539. The van der Waals surface area contributed by atoms with Crippen molar-refractivity contribution in [2.75, 3.05) is 7.05 Å². The molecule has 2 aromatic heterocycles. The van der Waals surface area contributed by atoms with E-state index in [1.54, 1.807) is 0 Å². The molecule has 0 amide bonds. The van der Waals surface area contributed by atoms with Crippen molar-refractivity contribution in [3.8, 4) is 0 Å². The number of aromatic nitrogens is 5. The van der Waals surface area contributed by atoms with Gasteiger partial charge in [-0.1, -0.05) is 0 Å². The Morgan fingerprint density at radius 1 is 1.42 bits per heavy atom. The zero-order valence-corrected chi connectivity index (χ0v) is 11.5. The van der Waals surface area contributed by atoms with Crippen molar-refractivity contribution in [3.05, 3.63) is 29.6 Å². The molecule has 0 atom stereocenters. The number of hydrogen-bond acceptors (Lipinski definition) is 4. The van der Waals surface area contributed by atoms with Gasteiger partial charge in [0.2, 0.25) is 0 Å². The maximum absolute atomic E-state index is 4.55. The molecule has 0 saturated heterocycles. The van der Waals surface area contributed by atoms with E-state index < -0.39 is 0 Å². The van der Waals surface area contributed by atoms with E-state index in [4.69, 9.17) is 0 Å². The average molecular weight is 260 g/mol. The lowest BCUT2D eigenvalue weighted by atomic mass is 10.3. The van der Waals surface area contributed by atoms with E-state index in [1.165, 1.54) is 18.5 Å². The smallest absolute Gasteiger partial charge is 0.153 e. The van der Waals surface area contributed by atoms with Crippen molar-refractivity contribution in [3.63, 3.8) is 0 Å². The third-order valence-electron chi connectivity index (χ3n) is 3.45. The topological polar surface area (TPSA) is 62.6 Å². The third-order valence-corrected chi connectivity index (χ3v) is 3.45. The molecule has 1 saturated carbocycles. The first-order valence-electron chi connectivity index (χ1n) is 6.86. The van der Waals surface area contributed by atoms with Crippen molar-refractivity contribution < 1.29 is 0 Å². The van der Waals surface area contributed by atoms with Crippen LogP contribution in [0.2, 0.25) is 0 Å². The Labute approximate surface area is 112 Å². The molecule has 2 heterocycles. The van der Waals surface area contributed by atoms with E-state index in [2.05, 4.69) is 45.2 Å².